The molecule has 1 aromatic heterocycles. The van der Waals surface area contributed by atoms with Crippen molar-refractivity contribution < 1.29 is 0 Å². The lowest BCUT2D eigenvalue weighted by atomic mass is 10.0. The normalized spacial score (nSPS) is 17.1. The lowest BCUT2D eigenvalue weighted by Gasteiger charge is -2.18. The molecule has 1 saturated carbocycles. The number of hydrogen-bond donors (Lipinski definition) is 0. The molecule has 1 fully saturated rings. The molecule has 1 aromatic rings. The average Bonchev–Trinajstić information content (AvgIpc) is 2.83. The van der Waals surface area contributed by atoms with Crippen LogP contribution in [0.5, 0.6) is 0 Å². The van der Waals surface area contributed by atoms with Gasteiger partial charge in [-0.05, 0) is 35.4 Å². The third kappa shape index (κ3) is 4.46. The van der Waals surface area contributed by atoms with Crippen LogP contribution in [-0.4, -0.2) is 14.7 Å². The molecule has 0 unspecified atom stereocenters. The Labute approximate surface area is 138 Å². The first-order valence-corrected chi connectivity index (χ1v) is 9.17. The summed E-state index contributed by atoms with van der Waals surface area (Å²) in [5, 5.41) is 0.627. The SMILES string of the molecule is CC(C)(C)SCc1nc(Cl)c(I)c(C2CCCC2)n1. The third-order valence-corrected chi connectivity index (χ3v) is 6.18. The molecule has 0 bridgehead atoms. The number of halogens is 2. The molecule has 5 heteroatoms. The standard InChI is InChI=1S/C14H20ClIN2S/c1-14(2,3)19-8-10-17-12(9-6-4-5-7-9)11(16)13(15)18-10/h9H,4-8H2,1-3H3. The van der Waals surface area contributed by atoms with E-state index in [9.17, 15) is 0 Å². The molecule has 0 atom stereocenters. The van der Waals surface area contributed by atoms with E-state index in [1.165, 1.54) is 31.4 Å². The summed E-state index contributed by atoms with van der Waals surface area (Å²) in [6.07, 6.45) is 5.12. The van der Waals surface area contributed by atoms with Crippen molar-refractivity contribution in [2.45, 2.75) is 62.9 Å². The zero-order chi connectivity index (χ0) is 14.0. The molecule has 1 heterocycles. The van der Waals surface area contributed by atoms with Crippen LogP contribution in [0.2, 0.25) is 5.15 Å². The van der Waals surface area contributed by atoms with E-state index >= 15 is 0 Å². The Morgan fingerprint density at radius 2 is 1.89 bits per heavy atom. The molecule has 1 aliphatic rings. The van der Waals surface area contributed by atoms with Crippen LogP contribution < -0.4 is 0 Å². The second-order valence-corrected chi connectivity index (χ2v) is 9.25. The Bertz CT molecular complexity index is 453. The van der Waals surface area contributed by atoms with Gasteiger partial charge in [0.2, 0.25) is 0 Å². The highest BCUT2D eigenvalue weighted by Gasteiger charge is 2.23. The van der Waals surface area contributed by atoms with Gasteiger partial charge in [-0.15, -0.1) is 11.8 Å². The molecule has 0 saturated heterocycles. The quantitative estimate of drug-likeness (QED) is 0.491. The van der Waals surface area contributed by atoms with Crippen molar-refractivity contribution in [2.75, 3.05) is 0 Å². The van der Waals surface area contributed by atoms with Crippen molar-refractivity contribution in [3.63, 3.8) is 0 Å². The maximum absolute atomic E-state index is 6.28. The maximum atomic E-state index is 6.28. The summed E-state index contributed by atoms with van der Waals surface area (Å²) >= 11 is 10.4. The van der Waals surface area contributed by atoms with Crippen LogP contribution in [0.15, 0.2) is 0 Å². The number of thioether (sulfide) groups is 1. The number of hydrogen-bond acceptors (Lipinski definition) is 3. The monoisotopic (exact) mass is 410 g/mol. The number of aromatic nitrogens is 2. The second-order valence-electron chi connectivity index (χ2n) is 6.01. The Hall–Kier alpha value is 0.450. The van der Waals surface area contributed by atoms with E-state index in [-0.39, 0.29) is 4.75 Å². The molecule has 0 aliphatic heterocycles. The van der Waals surface area contributed by atoms with E-state index in [0.29, 0.717) is 11.1 Å². The summed E-state index contributed by atoms with van der Waals surface area (Å²) in [4.78, 5) is 9.23. The molecular formula is C14H20ClIN2S. The zero-order valence-electron chi connectivity index (χ0n) is 11.7. The highest BCUT2D eigenvalue weighted by atomic mass is 127. The number of rotatable bonds is 3. The van der Waals surface area contributed by atoms with Crippen molar-refractivity contribution >= 4 is 46.0 Å². The lowest BCUT2D eigenvalue weighted by Crippen LogP contribution is -2.11. The van der Waals surface area contributed by atoms with Crippen LogP contribution in [-0.2, 0) is 5.75 Å². The largest absolute Gasteiger partial charge is 0.236 e. The molecule has 1 aliphatic carbocycles. The molecule has 2 rings (SSSR count). The fraction of sp³-hybridized carbons (Fsp3) is 0.714. The van der Waals surface area contributed by atoms with E-state index in [1.807, 2.05) is 11.8 Å². The minimum atomic E-state index is 0.229. The van der Waals surface area contributed by atoms with E-state index in [4.69, 9.17) is 16.6 Å². The summed E-state index contributed by atoms with van der Waals surface area (Å²) in [6.45, 7) is 6.64. The van der Waals surface area contributed by atoms with E-state index < -0.39 is 0 Å². The van der Waals surface area contributed by atoms with Crippen molar-refractivity contribution in [3.8, 4) is 0 Å². The highest BCUT2D eigenvalue weighted by molar-refractivity contribution is 14.1. The highest BCUT2D eigenvalue weighted by Crippen LogP contribution is 2.37. The molecule has 0 aromatic carbocycles. The van der Waals surface area contributed by atoms with Gasteiger partial charge in [-0.2, -0.15) is 0 Å². The predicted molar refractivity (Wildman–Crippen MR) is 92.0 cm³/mol. The molecule has 0 amide bonds. The van der Waals surface area contributed by atoms with Crippen LogP contribution in [0.25, 0.3) is 0 Å². The molecule has 19 heavy (non-hydrogen) atoms. The summed E-state index contributed by atoms with van der Waals surface area (Å²) in [7, 11) is 0. The van der Waals surface area contributed by atoms with Gasteiger partial charge in [0.1, 0.15) is 11.0 Å². The van der Waals surface area contributed by atoms with Gasteiger partial charge in [0.25, 0.3) is 0 Å². The second kappa shape index (κ2) is 6.48. The Morgan fingerprint density at radius 3 is 2.47 bits per heavy atom. The molecule has 0 N–H and O–H groups in total. The first-order chi connectivity index (χ1) is 8.87. The third-order valence-electron chi connectivity index (χ3n) is 3.26. The average molecular weight is 411 g/mol. The fourth-order valence-corrected chi connectivity index (χ4v) is 3.86. The van der Waals surface area contributed by atoms with Gasteiger partial charge < -0.3 is 0 Å². The van der Waals surface area contributed by atoms with Crippen LogP contribution in [0, 0.1) is 3.57 Å². The summed E-state index contributed by atoms with van der Waals surface area (Å²) in [6, 6.07) is 0. The van der Waals surface area contributed by atoms with Gasteiger partial charge in [0, 0.05) is 10.7 Å². The van der Waals surface area contributed by atoms with Crippen LogP contribution >= 0.6 is 46.0 Å². The van der Waals surface area contributed by atoms with Gasteiger partial charge in [0.05, 0.1) is 15.0 Å². The minimum Gasteiger partial charge on any atom is -0.236 e. The Kier molecular flexibility index (Phi) is 5.40. The van der Waals surface area contributed by atoms with Crippen LogP contribution in [0.3, 0.4) is 0 Å². The topological polar surface area (TPSA) is 25.8 Å². The smallest absolute Gasteiger partial charge is 0.146 e. The lowest BCUT2D eigenvalue weighted by molar-refractivity contribution is 0.682. The van der Waals surface area contributed by atoms with Crippen molar-refractivity contribution in [1.82, 2.24) is 9.97 Å². The minimum absolute atomic E-state index is 0.229. The van der Waals surface area contributed by atoms with Crippen LogP contribution in [0.4, 0.5) is 0 Å². The van der Waals surface area contributed by atoms with Gasteiger partial charge in [-0.25, -0.2) is 9.97 Å². The van der Waals surface area contributed by atoms with E-state index in [2.05, 4.69) is 48.3 Å². The fourth-order valence-electron chi connectivity index (χ4n) is 2.30. The number of nitrogens with zero attached hydrogens (tertiary/aromatic N) is 2. The zero-order valence-corrected chi connectivity index (χ0v) is 15.4. The Morgan fingerprint density at radius 1 is 1.26 bits per heavy atom. The molecule has 0 spiro atoms. The summed E-state index contributed by atoms with van der Waals surface area (Å²) in [5.41, 5.74) is 1.18. The van der Waals surface area contributed by atoms with Gasteiger partial charge in [-0.3, -0.25) is 0 Å². The first kappa shape index (κ1) is 15.8. The van der Waals surface area contributed by atoms with E-state index in [1.54, 1.807) is 0 Å². The first-order valence-electron chi connectivity index (χ1n) is 6.72. The van der Waals surface area contributed by atoms with Crippen molar-refractivity contribution in [3.05, 3.63) is 20.2 Å². The van der Waals surface area contributed by atoms with Gasteiger partial charge in [-0.1, -0.05) is 45.2 Å². The maximum Gasteiger partial charge on any atom is 0.146 e. The van der Waals surface area contributed by atoms with Crippen molar-refractivity contribution in [1.29, 1.82) is 0 Å². The predicted octanol–water partition coefficient (Wildman–Crippen LogP) is 5.42. The van der Waals surface area contributed by atoms with Gasteiger partial charge in [0.15, 0.2) is 0 Å². The van der Waals surface area contributed by atoms with E-state index in [0.717, 1.165) is 15.1 Å². The molecule has 0 radical (unpaired) electrons. The van der Waals surface area contributed by atoms with Crippen LogP contribution in [0.1, 0.15) is 63.9 Å². The summed E-state index contributed by atoms with van der Waals surface area (Å²) < 4.78 is 1.28. The van der Waals surface area contributed by atoms with Gasteiger partial charge >= 0.3 is 0 Å². The molecular weight excluding hydrogens is 391 g/mol. The van der Waals surface area contributed by atoms with Crippen molar-refractivity contribution in [2.24, 2.45) is 0 Å². The Balaban J connectivity index is 2.21. The molecule has 2 nitrogen and oxygen atoms in total. The molecule has 106 valence electrons. The summed E-state index contributed by atoms with van der Waals surface area (Å²) in [5.74, 6) is 2.30.